The molecule has 0 aliphatic carbocycles. The first kappa shape index (κ1) is 11.4. The molecule has 0 saturated carbocycles. The van der Waals surface area contributed by atoms with E-state index in [9.17, 15) is 9.59 Å². The number of piperidine rings is 1. The highest BCUT2D eigenvalue weighted by atomic mass is 16.2. The van der Waals surface area contributed by atoms with Gasteiger partial charge >= 0.3 is 0 Å². The van der Waals surface area contributed by atoms with Crippen LogP contribution in [0.25, 0.3) is 0 Å². The molecule has 1 aromatic rings. The average molecular weight is 244 g/mol. The summed E-state index contributed by atoms with van der Waals surface area (Å²) in [7, 11) is 0. The highest BCUT2D eigenvalue weighted by molar-refractivity contribution is 6.21. The van der Waals surface area contributed by atoms with Crippen molar-refractivity contribution < 1.29 is 9.59 Å². The minimum atomic E-state index is -0.142. The number of nitrogens with zero attached hydrogens (tertiary/aromatic N) is 1. The van der Waals surface area contributed by atoms with Gasteiger partial charge in [0, 0.05) is 6.54 Å². The normalized spacial score (nSPS) is 27.5. The fraction of sp³-hybridized carbons (Fsp3) is 0.429. The highest BCUT2D eigenvalue weighted by Crippen LogP contribution is 2.27. The Morgan fingerprint density at radius 2 is 1.72 bits per heavy atom. The lowest BCUT2D eigenvalue weighted by Gasteiger charge is -2.33. The molecule has 1 N–H and O–H groups in total. The minimum absolute atomic E-state index is 0.0128. The van der Waals surface area contributed by atoms with Crippen LogP contribution >= 0.6 is 0 Å². The summed E-state index contributed by atoms with van der Waals surface area (Å²) in [6, 6.07) is 7.05. The lowest BCUT2D eigenvalue weighted by atomic mass is 9.96. The maximum absolute atomic E-state index is 12.3. The molecule has 1 fully saturated rings. The Hall–Kier alpha value is -1.68. The minimum Gasteiger partial charge on any atom is -0.314 e. The predicted molar refractivity (Wildman–Crippen MR) is 67.4 cm³/mol. The maximum atomic E-state index is 12.3. The topological polar surface area (TPSA) is 49.4 Å². The smallest absolute Gasteiger partial charge is 0.261 e. The molecule has 4 heteroatoms. The van der Waals surface area contributed by atoms with E-state index >= 15 is 0 Å². The van der Waals surface area contributed by atoms with Crippen LogP contribution in [-0.2, 0) is 0 Å². The molecule has 0 spiro atoms. The number of carbonyl (C=O) groups is 2. The zero-order valence-electron chi connectivity index (χ0n) is 10.3. The number of hydrogen-bond donors (Lipinski definition) is 1. The highest BCUT2D eigenvalue weighted by Gasteiger charge is 2.40. The van der Waals surface area contributed by atoms with Crippen molar-refractivity contribution >= 4 is 11.8 Å². The van der Waals surface area contributed by atoms with Crippen molar-refractivity contribution in [3.63, 3.8) is 0 Å². The second kappa shape index (κ2) is 4.21. The molecule has 2 unspecified atom stereocenters. The number of nitrogens with one attached hydrogen (secondary N) is 1. The van der Waals surface area contributed by atoms with Crippen molar-refractivity contribution in [1.82, 2.24) is 10.2 Å². The van der Waals surface area contributed by atoms with Gasteiger partial charge in [0.15, 0.2) is 0 Å². The number of imide groups is 1. The number of hydrogen-bond acceptors (Lipinski definition) is 3. The number of amides is 2. The van der Waals surface area contributed by atoms with Crippen LogP contribution in [0.2, 0.25) is 0 Å². The molecule has 18 heavy (non-hydrogen) atoms. The van der Waals surface area contributed by atoms with Crippen LogP contribution in [0.4, 0.5) is 0 Å². The second-order valence-electron chi connectivity index (χ2n) is 5.18. The zero-order valence-corrected chi connectivity index (χ0v) is 10.3. The molecule has 2 aliphatic rings. The Morgan fingerprint density at radius 3 is 2.28 bits per heavy atom. The first-order valence-electron chi connectivity index (χ1n) is 6.36. The van der Waals surface area contributed by atoms with Gasteiger partial charge < -0.3 is 5.32 Å². The van der Waals surface area contributed by atoms with Crippen LogP contribution < -0.4 is 5.32 Å². The van der Waals surface area contributed by atoms with Gasteiger partial charge in [0.25, 0.3) is 11.8 Å². The van der Waals surface area contributed by atoms with Crippen molar-refractivity contribution in [3.8, 4) is 0 Å². The van der Waals surface area contributed by atoms with Gasteiger partial charge in [-0.1, -0.05) is 19.1 Å². The van der Waals surface area contributed by atoms with Gasteiger partial charge in [-0.3, -0.25) is 14.5 Å². The molecule has 3 rings (SSSR count). The van der Waals surface area contributed by atoms with Crippen LogP contribution in [0.3, 0.4) is 0 Å². The molecule has 0 aromatic heterocycles. The Balaban J connectivity index is 1.92. The van der Waals surface area contributed by atoms with Gasteiger partial charge in [-0.05, 0) is 31.0 Å². The lowest BCUT2D eigenvalue weighted by molar-refractivity contribution is 0.0542. The first-order chi connectivity index (χ1) is 8.68. The van der Waals surface area contributed by atoms with Gasteiger partial charge in [-0.15, -0.1) is 0 Å². The molecule has 0 radical (unpaired) electrons. The van der Waals surface area contributed by atoms with E-state index in [1.54, 1.807) is 24.3 Å². The van der Waals surface area contributed by atoms with Crippen molar-refractivity contribution in [2.45, 2.75) is 19.4 Å². The number of rotatable bonds is 1. The molecule has 2 amide bonds. The van der Waals surface area contributed by atoms with Crippen LogP contribution in [0, 0.1) is 5.92 Å². The summed E-state index contributed by atoms with van der Waals surface area (Å²) in [6.07, 6.45) is 0.887. The van der Waals surface area contributed by atoms with E-state index in [0.29, 0.717) is 23.6 Å². The third kappa shape index (κ3) is 1.64. The molecule has 2 heterocycles. The monoisotopic (exact) mass is 244 g/mol. The quantitative estimate of drug-likeness (QED) is 0.757. The van der Waals surface area contributed by atoms with Crippen LogP contribution in [0.15, 0.2) is 24.3 Å². The molecule has 94 valence electrons. The summed E-state index contributed by atoms with van der Waals surface area (Å²) in [5.41, 5.74) is 1.08. The summed E-state index contributed by atoms with van der Waals surface area (Å²) in [5.74, 6) is 0.209. The fourth-order valence-electron chi connectivity index (χ4n) is 2.86. The molecule has 0 bridgehead atoms. The third-order valence-electron chi connectivity index (χ3n) is 3.74. The van der Waals surface area contributed by atoms with Gasteiger partial charge in [0.2, 0.25) is 0 Å². The standard InChI is InChI=1S/C14H16N2O2/c1-9-6-10(8-15-7-9)16-13(17)11-4-2-3-5-12(11)14(16)18/h2-5,9-10,15H,6-8H2,1H3. The summed E-state index contributed by atoms with van der Waals surface area (Å²) in [4.78, 5) is 26.0. The summed E-state index contributed by atoms with van der Waals surface area (Å²) in [5, 5.41) is 3.28. The second-order valence-corrected chi connectivity index (χ2v) is 5.18. The molecular weight excluding hydrogens is 228 g/mol. The number of fused-ring (bicyclic) bond motifs is 1. The van der Waals surface area contributed by atoms with Crippen molar-refractivity contribution in [1.29, 1.82) is 0 Å². The van der Waals surface area contributed by atoms with E-state index in [2.05, 4.69) is 12.2 Å². The van der Waals surface area contributed by atoms with Gasteiger partial charge in [-0.25, -0.2) is 0 Å². The van der Waals surface area contributed by atoms with E-state index in [0.717, 1.165) is 13.0 Å². The first-order valence-corrected chi connectivity index (χ1v) is 6.36. The van der Waals surface area contributed by atoms with Crippen molar-refractivity contribution in [2.75, 3.05) is 13.1 Å². The molecule has 2 atom stereocenters. The Kier molecular flexibility index (Phi) is 2.67. The zero-order chi connectivity index (χ0) is 12.7. The SMILES string of the molecule is CC1CNCC(N2C(=O)c3ccccc3C2=O)C1. The maximum Gasteiger partial charge on any atom is 0.261 e. The number of carbonyl (C=O) groups excluding carboxylic acids is 2. The Morgan fingerprint density at radius 1 is 1.11 bits per heavy atom. The average Bonchev–Trinajstić information content (AvgIpc) is 2.63. The van der Waals surface area contributed by atoms with Crippen LogP contribution in [0.5, 0.6) is 0 Å². The molecular formula is C14H16N2O2. The van der Waals surface area contributed by atoms with E-state index in [1.807, 2.05) is 0 Å². The van der Waals surface area contributed by atoms with Gasteiger partial charge in [0.05, 0.1) is 17.2 Å². The Bertz CT molecular complexity index is 477. The Labute approximate surface area is 106 Å². The molecule has 2 aliphatic heterocycles. The molecule has 1 aromatic carbocycles. The van der Waals surface area contributed by atoms with Gasteiger partial charge in [0.1, 0.15) is 0 Å². The fourth-order valence-corrected chi connectivity index (χ4v) is 2.86. The summed E-state index contributed by atoms with van der Waals surface area (Å²) < 4.78 is 0. The number of benzene rings is 1. The lowest BCUT2D eigenvalue weighted by Crippen LogP contribution is -2.50. The van der Waals surface area contributed by atoms with E-state index in [1.165, 1.54) is 4.90 Å². The van der Waals surface area contributed by atoms with E-state index < -0.39 is 0 Å². The van der Waals surface area contributed by atoms with Crippen LogP contribution in [-0.4, -0.2) is 35.8 Å². The van der Waals surface area contributed by atoms with E-state index in [4.69, 9.17) is 0 Å². The van der Waals surface area contributed by atoms with Gasteiger partial charge in [-0.2, -0.15) is 0 Å². The third-order valence-corrected chi connectivity index (χ3v) is 3.74. The van der Waals surface area contributed by atoms with Crippen LogP contribution in [0.1, 0.15) is 34.1 Å². The summed E-state index contributed by atoms with van der Waals surface area (Å²) in [6.45, 7) is 3.80. The molecule has 4 nitrogen and oxygen atoms in total. The molecule has 1 saturated heterocycles. The summed E-state index contributed by atoms with van der Waals surface area (Å²) >= 11 is 0. The predicted octanol–water partition coefficient (Wildman–Crippen LogP) is 1.28. The largest absolute Gasteiger partial charge is 0.314 e. The van der Waals surface area contributed by atoms with E-state index in [-0.39, 0.29) is 17.9 Å². The van der Waals surface area contributed by atoms with Crippen molar-refractivity contribution in [2.24, 2.45) is 5.92 Å². The van der Waals surface area contributed by atoms with Crippen molar-refractivity contribution in [3.05, 3.63) is 35.4 Å².